The van der Waals surface area contributed by atoms with Crippen LogP contribution >= 0.6 is 0 Å². The Morgan fingerprint density at radius 3 is 2.44 bits per heavy atom. The van der Waals surface area contributed by atoms with Gasteiger partial charge in [0, 0.05) is 64.8 Å². The quantitative estimate of drug-likeness (QED) is 0.247. The van der Waals surface area contributed by atoms with E-state index in [1.165, 1.54) is 0 Å². The van der Waals surface area contributed by atoms with E-state index in [1.54, 1.807) is 36.9 Å². The van der Waals surface area contributed by atoms with Crippen molar-refractivity contribution in [2.75, 3.05) is 10.6 Å². The number of carbonyl (C=O) groups excluding carboxylic acids is 1. The van der Waals surface area contributed by atoms with Crippen molar-refractivity contribution in [1.29, 1.82) is 0 Å². The number of amides is 1. The number of aliphatic hydroxyl groups is 1. The molecule has 9 heteroatoms. The highest BCUT2D eigenvalue weighted by molar-refractivity contribution is 5.94. The Kier molecular flexibility index (Phi) is 7.83. The lowest BCUT2D eigenvalue weighted by Crippen LogP contribution is -2.28. The fourth-order valence-corrected chi connectivity index (χ4v) is 4.74. The zero-order chi connectivity index (χ0) is 28.0. The van der Waals surface area contributed by atoms with E-state index in [1.807, 2.05) is 36.4 Å². The predicted octanol–water partition coefficient (Wildman–Crippen LogP) is 4.68. The standard InChI is InChI=1S/C32H31N7O2/c40-28-13-11-24(12-14-28)36-30-29(23-2-1-16-33-19-23)20-35-32(39-30)38-26-6-3-21(4-7-26)5-8-27-18-22(15-17-34-27)31(41)37-25-9-10-25/h1-4,6-7,15-20,24-25,28,40H,9-14H2,(H,37,41)(H2,35,36,38,39). The predicted molar refractivity (Wildman–Crippen MR) is 158 cm³/mol. The smallest absolute Gasteiger partial charge is 0.251 e. The van der Waals surface area contributed by atoms with Gasteiger partial charge in [-0.1, -0.05) is 12.0 Å². The maximum Gasteiger partial charge on any atom is 0.251 e. The average Bonchev–Trinajstić information content (AvgIpc) is 3.83. The van der Waals surface area contributed by atoms with E-state index in [0.717, 1.165) is 66.7 Å². The normalized spacial score (nSPS) is 18.1. The molecule has 41 heavy (non-hydrogen) atoms. The van der Waals surface area contributed by atoms with Crippen LogP contribution < -0.4 is 16.0 Å². The van der Waals surface area contributed by atoms with Crippen LogP contribution in [0.3, 0.4) is 0 Å². The van der Waals surface area contributed by atoms with Gasteiger partial charge in [-0.15, -0.1) is 0 Å². The Morgan fingerprint density at radius 1 is 0.878 bits per heavy atom. The zero-order valence-corrected chi connectivity index (χ0v) is 22.5. The first-order valence-corrected chi connectivity index (χ1v) is 14.0. The number of benzene rings is 1. The van der Waals surface area contributed by atoms with Crippen molar-refractivity contribution in [1.82, 2.24) is 25.3 Å². The van der Waals surface area contributed by atoms with Crippen LogP contribution in [0.5, 0.6) is 0 Å². The minimum Gasteiger partial charge on any atom is -0.393 e. The maximum atomic E-state index is 12.3. The molecule has 0 saturated heterocycles. The van der Waals surface area contributed by atoms with Gasteiger partial charge in [0.1, 0.15) is 11.5 Å². The van der Waals surface area contributed by atoms with Crippen LogP contribution in [0.2, 0.25) is 0 Å². The third-order valence-electron chi connectivity index (χ3n) is 7.21. The number of nitrogens with zero attached hydrogens (tertiary/aromatic N) is 4. The fourth-order valence-electron chi connectivity index (χ4n) is 4.74. The molecule has 2 aliphatic carbocycles. The van der Waals surface area contributed by atoms with Crippen molar-refractivity contribution in [3.63, 3.8) is 0 Å². The minimum absolute atomic E-state index is 0.0834. The molecule has 9 nitrogen and oxygen atoms in total. The number of pyridine rings is 2. The maximum absolute atomic E-state index is 12.3. The average molecular weight is 546 g/mol. The Balaban J connectivity index is 1.15. The van der Waals surface area contributed by atoms with Crippen LogP contribution in [-0.2, 0) is 0 Å². The molecule has 4 aromatic rings. The number of carbonyl (C=O) groups is 1. The first-order chi connectivity index (χ1) is 20.1. The lowest BCUT2D eigenvalue weighted by atomic mass is 9.93. The van der Waals surface area contributed by atoms with Gasteiger partial charge in [-0.05, 0) is 86.9 Å². The summed E-state index contributed by atoms with van der Waals surface area (Å²) in [6.07, 6.45) is 12.2. The Bertz CT molecular complexity index is 1570. The third kappa shape index (κ3) is 7.04. The Hall–Kier alpha value is -4.81. The summed E-state index contributed by atoms with van der Waals surface area (Å²) in [4.78, 5) is 30.2. The van der Waals surface area contributed by atoms with E-state index in [2.05, 4.69) is 42.7 Å². The fraction of sp³-hybridized carbons (Fsp3) is 0.281. The number of aromatic nitrogens is 4. The molecule has 0 spiro atoms. The molecule has 1 aromatic carbocycles. The highest BCUT2D eigenvalue weighted by atomic mass is 16.3. The molecule has 0 aliphatic heterocycles. The molecule has 6 rings (SSSR count). The van der Waals surface area contributed by atoms with E-state index in [0.29, 0.717) is 23.2 Å². The van der Waals surface area contributed by atoms with Gasteiger partial charge in [-0.3, -0.25) is 9.78 Å². The second-order valence-electron chi connectivity index (χ2n) is 10.5. The summed E-state index contributed by atoms with van der Waals surface area (Å²) in [5.74, 6) is 7.29. The summed E-state index contributed by atoms with van der Waals surface area (Å²) in [5.41, 5.74) is 4.57. The van der Waals surface area contributed by atoms with Gasteiger partial charge >= 0.3 is 0 Å². The molecule has 4 N–H and O–H groups in total. The van der Waals surface area contributed by atoms with Crippen molar-refractivity contribution in [3.8, 4) is 23.0 Å². The van der Waals surface area contributed by atoms with Crippen molar-refractivity contribution < 1.29 is 9.90 Å². The van der Waals surface area contributed by atoms with E-state index in [-0.39, 0.29) is 18.1 Å². The van der Waals surface area contributed by atoms with Crippen LogP contribution in [0.1, 0.15) is 60.1 Å². The zero-order valence-electron chi connectivity index (χ0n) is 22.5. The summed E-state index contributed by atoms with van der Waals surface area (Å²) in [6, 6.07) is 15.5. The van der Waals surface area contributed by atoms with Gasteiger partial charge in [0.05, 0.1) is 6.10 Å². The number of hydrogen-bond acceptors (Lipinski definition) is 8. The monoisotopic (exact) mass is 545 g/mol. The molecule has 2 saturated carbocycles. The molecule has 1 amide bonds. The minimum atomic E-state index is -0.221. The number of rotatable bonds is 7. The van der Waals surface area contributed by atoms with E-state index in [4.69, 9.17) is 4.98 Å². The van der Waals surface area contributed by atoms with Gasteiger partial charge < -0.3 is 21.1 Å². The van der Waals surface area contributed by atoms with Crippen molar-refractivity contribution in [2.45, 2.75) is 56.7 Å². The first kappa shape index (κ1) is 26.4. The van der Waals surface area contributed by atoms with E-state index < -0.39 is 0 Å². The molecule has 3 heterocycles. The molecule has 2 fully saturated rings. The summed E-state index contributed by atoms with van der Waals surface area (Å²) in [6.45, 7) is 0. The molecule has 3 aromatic heterocycles. The number of nitrogens with one attached hydrogen (secondary N) is 3. The molecule has 0 unspecified atom stereocenters. The molecule has 0 atom stereocenters. The number of aliphatic hydroxyl groups excluding tert-OH is 1. The summed E-state index contributed by atoms with van der Waals surface area (Å²) in [5, 5.41) is 19.8. The number of anilines is 3. The second-order valence-corrected chi connectivity index (χ2v) is 10.5. The Morgan fingerprint density at radius 2 is 1.68 bits per heavy atom. The summed E-state index contributed by atoms with van der Waals surface area (Å²) in [7, 11) is 0. The van der Waals surface area contributed by atoms with Gasteiger partial charge in [0.2, 0.25) is 5.95 Å². The lowest BCUT2D eigenvalue weighted by molar-refractivity contribution is 0.0951. The molecule has 2 aliphatic rings. The van der Waals surface area contributed by atoms with Crippen LogP contribution in [-0.4, -0.2) is 49.1 Å². The highest BCUT2D eigenvalue weighted by Gasteiger charge is 2.24. The van der Waals surface area contributed by atoms with Crippen LogP contribution in [0.4, 0.5) is 17.5 Å². The van der Waals surface area contributed by atoms with Gasteiger partial charge in [-0.25, -0.2) is 9.97 Å². The molecule has 0 bridgehead atoms. The van der Waals surface area contributed by atoms with Crippen molar-refractivity contribution in [3.05, 3.63) is 90.1 Å². The summed E-state index contributed by atoms with van der Waals surface area (Å²) >= 11 is 0. The number of hydrogen-bond donors (Lipinski definition) is 4. The van der Waals surface area contributed by atoms with Crippen molar-refractivity contribution >= 4 is 23.4 Å². The third-order valence-corrected chi connectivity index (χ3v) is 7.21. The molecule has 0 radical (unpaired) electrons. The van der Waals surface area contributed by atoms with Gasteiger partial charge in [0.15, 0.2) is 0 Å². The topological polar surface area (TPSA) is 125 Å². The van der Waals surface area contributed by atoms with E-state index in [9.17, 15) is 9.90 Å². The first-order valence-electron chi connectivity index (χ1n) is 14.0. The second kappa shape index (κ2) is 12.1. The van der Waals surface area contributed by atoms with Gasteiger partial charge in [-0.2, -0.15) is 4.98 Å². The van der Waals surface area contributed by atoms with Gasteiger partial charge in [0.25, 0.3) is 5.91 Å². The van der Waals surface area contributed by atoms with Crippen LogP contribution in [0.25, 0.3) is 11.1 Å². The lowest BCUT2D eigenvalue weighted by Gasteiger charge is -2.27. The molecule has 206 valence electrons. The largest absolute Gasteiger partial charge is 0.393 e. The summed E-state index contributed by atoms with van der Waals surface area (Å²) < 4.78 is 0. The Labute approximate surface area is 238 Å². The van der Waals surface area contributed by atoms with Crippen molar-refractivity contribution in [2.24, 2.45) is 0 Å². The van der Waals surface area contributed by atoms with Crippen LogP contribution in [0, 0.1) is 11.8 Å². The SMILES string of the molecule is O=C(NC1CC1)c1ccnc(C#Cc2ccc(Nc3ncc(-c4cccnc4)c(NC4CCC(O)CC4)n3)cc2)c1. The highest BCUT2D eigenvalue weighted by Crippen LogP contribution is 2.30. The molecular formula is C32H31N7O2. The van der Waals surface area contributed by atoms with Crippen LogP contribution in [0.15, 0.2) is 73.3 Å². The molecular weight excluding hydrogens is 514 g/mol. The van der Waals surface area contributed by atoms with E-state index >= 15 is 0 Å².